The fourth-order valence-corrected chi connectivity index (χ4v) is 2.24. The molecule has 0 radical (unpaired) electrons. The quantitative estimate of drug-likeness (QED) is 0.659. The van der Waals surface area contributed by atoms with Gasteiger partial charge in [0.25, 0.3) is 0 Å². The third-order valence-corrected chi connectivity index (χ3v) is 3.59. The predicted molar refractivity (Wildman–Crippen MR) is 70.6 cm³/mol. The monoisotopic (exact) mass is 253 g/mol. The minimum absolute atomic E-state index is 0.704. The van der Waals surface area contributed by atoms with Gasteiger partial charge in [-0.25, -0.2) is 9.97 Å². The van der Waals surface area contributed by atoms with Crippen LogP contribution in [-0.4, -0.2) is 36.0 Å². The zero-order valence-corrected chi connectivity index (χ0v) is 11.2. The van der Waals surface area contributed by atoms with E-state index >= 15 is 0 Å². The maximum Gasteiger partial charge on any atom is 0.189 e. The van der Waals surface area contributed by atoms with Crippen LogP contribution in [-0.2, 0) is 4.74 Å². The van der Waals surface area contributed by atoms with E-state index in [0.717, 1.165) is 49.1 Å². The van der Waals surface area contributed by atoms with Crippen molar-refractivity contribution in [3.05, 3.63) is 11.8 Å². The molecule has 4 nitrogen and oxygen atoms in total. The number of thioether (sulfide) groups is 1. The molecule has 1 aromatic heterocycles. The summed E-state index contributed by atoms with van der Waals surface area (Å²) >= 11 is 1.57. The van der Waals surface area contributed by atoms with E-state index in [1.54, 1.807) is 11.8 Å². The predicted octanol–water partition coefficient (Wildman–Crippen LogP) is 2.35. The molecule has 1 fully saturated rings. The van der Waals surface area contributed by atoms with Crippen molar-refractivity contribution in [3.8, 4) is 0 Å². The molecule has 0 aromatic carbocycles. The van der Waals surface area contributed by atoms with E-state index in [9.17, 15) is 0 Å². The maximum atomic E-state index is 5.36. The standard InChI is InChI=1S/C12H19N3OS/c1-9-7-14-12(17-2)15-11(9)13-8-10-3-5-16-6-4-10/h7,10H,3-6,8H2,1-2H3,(H,13,14,15). The Labute approximate surface area is 107 Å². The lowest BCUT2D eigenvalue weighted by atomic mass is 10.0. The molecule has 2 rings (SSSR count). The van der Waals surface area contributed by atoms with Crippen LogP contribution in [0.25, 0.3) is 0 Å². The first-order chi connectivity index (χ1) is 8.29. The molecule has 17 heavy (non-hydrogen) atoms. The minimum Gasteiger partial charge on any atom is -0.381 e. The average Bonchev–Trinajstić information content (AvgIpc) is 2.39. The van der Waals surface area contributed by atoms with Gasteiger partial charge in [0.1, 0.15) is 5.82 Å². The first-order valence-electron chi connectivity index (χ1n) is 5.99. The first-order valence-corrected chi connectivity index (χ1v) is 7.21. The summed E-state index contributed by atoms with van der Waals surface area (Å²) in [6, 6.07) is 0. The second kappa shape index (κ2) is 6.21. The van der Waals surface area contributed by atoms with Crippen LogP contribution in [0.4, 0.5) is 5.82 Å². The summed E-state index contributed by atoms with van der Waals surface area (Å²) in [7, 11) is 0. The molecule has 1 saturated heterocycles. The van der Waals surface area contributed by atoms with Crippen LogP contribution in [0.2, 0.25) is 0 Å². The highest BCUT2D eigenvalue weighted by molar-refractivity contribution is 7.98. The van der Waals surface area contributed by atoms with Crippen molar-refractivity contribution < 1.29 is 4.74 Å². The van der Waals surface area contributed by atoms with Crippen LogP contribution >= 0.6 is 11.8 Å². The van der Waals surface area contributed by atoms with E-state index in [1.165, 1.54) is 0 Å². The molecule has 1 aromatic rings. The fraction of sp³-hybridized carbons (Fsp3) is 0.667. The fourth-order valence-electron chi connectivity index (χ4n) is 1.89. The minimum atomic E-state index is 0.704. The van der Waals surface area contributed by atoms with Crippen molar-refractivity contribution in [2.45, 2.75) is 24.9 Å². The Balaban J connectivity index is 1.92. The topological polar surface area (TPSA) is 47.0 Å². The lowest BCUT2D eigenvalue weighted by Gasteiger charge is -2.22. The van der Waals surface area contributed by atoms with Crippen LogP contribution in [0.1, 0.15) is 18.4 Å². The summed E-state index contributed by atoms with van der Waals surface area (Å²) in [5.41, 5.74) is 1.11. The Hall–Kier alpha value is -0.810. The van der Waals surface area contributed by atoms with Gasteiger partial charge in [-0.15, -0.1) is 0 Å². The van der Waals surface area contributed by atoms with E-state index in [0.29, 0.717) is 5.92 Å². The summed E-state index contributed by atoms with van der Waals surface area (Å²) < 4.78 is 5.36. The lowest BCUT2D eigenvalue weighted by molar-refractivity contribution is 0.0699. The molecular weight excluding hydrogens is 234 g/mol. The smallest absolute Gasteiger partial charge is 0.189 e. The van der Waals surface area contributed by atoms with Gasteiger partial charge in [0.05, 0.1) is 0 Å². The molecule has 0 aliphatic carbocycles. The third-order valence-electron chi connectivity index (χ3n) is 3.03. The van der Waals surface area contributed by atoms with Gasteiger partial charge in [0, 0.05) is 31.5 Å². The van der Waals surface area contributed by atoms with Crippen molar-refractivity contribution in [1.82, 2.24) is 9.97 Å². The van der Waals surface area contributed by atoms with Crippen molar-refractivity contribution in [1.29, 1.82) is 0 Å². The number of hydrogen-bond donors (Lipinski definition) is 1. The van der Waals surface area contributed by atoms with Gasteiger partial charge in [-0.05, 0) is 31.9 Å². The van der Waals surface area contributed by atoms with Crippen LogP contribution in [0.5, 0.6) is 0 Å². The Morgan fingerprint density at radius 2 is 2.24 bits per heavy atom. The van der Waals surface area contributed by atoms with Gasteiger partial charge in [-0.3, -0.25) is 0 Å². The molecular formula is C12H19N3OS. The second-order valence-electron chi connectivity index (χ2n) is 4.32. The number of nitrogens with zero attached hydrogens (tertiary/aromatic N) is 2. The molecule has 0 saturated carbocycles. The van der Waals surface area contributed by atoms with Gasteiger partial charge < -0.3 is 10.1 Å². The highest BCUT2D eigenvalue weighted by Gasteiger charge is 2.14. The molecule has 2 heterocycles. The summed E-state index contributed by atoms with van der Waals surface area (Å²) in [4.78, 5) is 8.73. The van der Waals surface area contributed by atoms with Gasteiger partial charge in [0.2, 0.25) is 0 Å². The molecule has 1 aliphatic heterocycles. The van der Waals surface area contributed by atoms with Crippen LogP contribution in [0.15, 0.2) is 11.4 Å². The van der Waals surface area contributed by atoms with Crippen molar-refractivity contribution >= 4 is 17.6 Å². The largest absolute Gasteiger partial charge is 0.381 e. The number of aryl methyl sites for hydroxylation is 1. The number of nitrogens with one attached hydrogen (secondary N) is 1. The summed E-state index contributed by atoms with van der Waals surface area (Å²) in [6.07, 6.45) is 6.16. The summed E-state index contributed by atoms with van der Waals surface area (Å²) in [6.45, 7) is 4.81. The second-order valence-corrected chi connectivity index (χ2v) is 5.10. The number of aromatic nitrogens is 2. The number of anilines is 1. The normalized spacial score (nSPS) is 17.1. The van der Waals surface area contributed by atoms with E-state index in [2.05, 4.69) is 15.3 Å². The Morgan fingerprint density at radius 1 is 1.47 bits per heavy atom. The van der Waals surface area contributed by atoms with Crippen LogP contribution < -0.4 is 5.32 Å². The zero-order valence-electron chi connectivity index (χ0n) is 10.4. The molecule has 0 spiro atoms. The highest BCUT2D eigenvalue weighted by Crippen LogP contribution is 2.18. The zero-order chi connectivity index (χ0) is 12.1. The van der Waals surface area contributed by atoms with E-state index in [1.807, 2.05) is 19.4 Å². The Bertz CT molecular complexity index is 367. The van der Waals surface area contributed by atoms with Crippen LogP contribution in [0, 0.1) is 12.8 Å². The maximum absolute atomic E-state index is 5.36. The molecule has 1 N–H and O–H groups in total. The lowest BCUT2D eigenvalue weighted by Crippen LogP contribution is -2.23. The van der Waals surface area contributed by atoms with E-state index in [-0.39, 0.29) is 0 Å². The molecule has 0 atom stereocenters. The third kappa shape index (κ3) is 3.57. The Morgan fingerprint density at radius 3 is 2.94 bits per heavy atom. The molecule has 5 heteroatoms. The average molecular weight is 253 g/mol. The molecule has 1 aliphatic rings. The van der Waals surface area contributed by atoms with Crippen molar-refractivity contribution in [2.75, 3.05) is 31.3 Å². The van der Waals surface area contributed by atoms with Gasteiger partial charge in [0.15, 0.2) is 5.16 Å². The molecule has 0 bridgehead atoms. The summed E-state index contributed by atoms with van der Waals surface area (Å²) in [5, 5.41) is 4.26. The number of ether oxygens (including phenoxy) is 1. The SMILES string of the molecule is CSc1ncc(C)c(NCC2CCOCC2)n1. The Kier molecular flexibility index (Phi) is 4.62. The van der Waals surface area contributed by atoms with Gasteiger partial charge in [-0.2, -0.15) is 0 Å². The summed E-state index contributed by atoms with van der Waals surface area (Å²) in [5.74, 6) is 1.67. The van der Waals surface area contributed by atoms with Gasteiger partial charge >= 0.3 is 0 Å². The number of rotatable bonds is 4. The molecule has 0 amide bonds. The van der Waals surface area contributed by atoms with E-state index in [4.69, 9.17) is 4.74 Å². The van der Waals surface area contributed by atoms with Gasteiger partial charge in [-0.1, -0.05) is 11.8 Å². The molecule has 0 unspecified atom stereocenters. The van der Waals surface area contributed by atoms with Crippen molar-refractivity contribution in [2.24, 2.45) is 5.92 Å². The molecule has 94 valence electrons. The first kappa shape index (κ1) is 12.6. The number of hydrogen-bond acceptors (Lipinski definition) is 5. The van der Waals surface area contributed by atoms with E-state index < -0.39 is 0 Å². The van der Waals surface area contributed by atoms with Crippen molar-refractivity contribution in [3.63, 3.8) is 0 Å². The van der Waals surface area contributed by atoms with Crippen LogP contribution in [0.3, 0.4) is 0 Å². The highest BCUT2D eigenvalue weighted by atomic mass is 32.2.